The van der Waals surface area contributed by atoms with Crippen LogP contribution in [0.3, 0.4) is 0 Å². The van der Waals surface area contributed by atoms with E-state index in [0.29, 0.717) is 0 Å². The summed E-state index contributed by atoms with van der Waals surface area (Å²) in [5.41, 5.74) is 1.28. The topological polar surface area (TPSA) is 12.0 Å². The molecule has 1 aromatic carbocycles. The Kier molecular flexibility index (Phi) is 3.94. The third-order valence-corrected chi connectivity index (χ3v) is 5.25. The summed E-state index contributed by atoms with van der Waals surface area (Å²) in [6.45, 7) is 1.000. The van der Waals surface area contributed by atoms with Crippen LogP contribution in [0.15, 0.2) is 30.3 Å². The number of rotatable bonds is 4. The van der Waals surface area contributed by atoms with Crippen LogP contribution in [-0.2, 0) is 6.54 Å². The molecule has 1 aromatic heterocycles. The van der Waals surface area contributed by atoms with E-state index in [2.05, 4.69) is 46.1 Å². The van der Waals surface area contributed by atoms with Gasteiger partial charge in [-0.2, -0.15) is 0 Å². The Morgan fingerprint density at radius 1 is 1.28 bits per heavy atom. The largest absolute Gasteiger partial charge is 0.309 e. The molecule has 0 bridgehead atoms. The third kappa shape index (κ3) is 3.07. The zero-order chi connectivity index (χ0) is 12.5. The van der Waals surface area contributed by atoms with Gasteiger partial charge in [-0.1, -0.05) is 17.7 Å². The van der Waals surface area contributed by atoms with Crippen molar-refractivity contribution in [2.24, 2.45) is 0 Å². The number of nitrogens with one attached hydrogen (secondary N) is 1. The molecule has 18 heavy (non-hydrogen) atoms. The van der Waals surface area contributed by atoms with Crippen molar-refractivity contribution in [3.05, 3.63) is 43.8 Å². The maximum absolute atomic E-state index is 5.99. The fourth-order valence-electron chi connectivity index (χ4n) is 1.84. The smallest absolute Gasteiger partial charge is 0.0416 e. The average Bonchev–Trinajstić information content (AvgIpc) is 3.05. The van der Waals surface area contributed by atoms with Gasteiger partial charge in [-0.15, -0.1) is 11.3 Å². The molecule has 1 N–H and O–H groups in total. The van der Waals surface area contributed by atoms with Crippen LogP contribution in [0, 0.1) is 3.57 Å². The predicted molar refractivity (Wildman–Crippen MR) is 87.3 cm³/mol. The second-order valence-electron chi connectivity index (χ2n) is 4.55. The molecule has 1 nitrogen and oxygen atoms in total. The van der Waals surface area contributed by atoms with Gasteiger partial charge in [0.1, 0.15) is 0 Å². The Hall–Kier alpha value is -0.100. The lowest BCUT2D eigenvalue weighted by Crippen LogP contribution is -2.14. The van der Waals surface area contributed by atoms with E-state index in [1.54, 1.807) is 0 Å². The van der Waals surface area contributed by atoms with Gasteiger partial charge in [-0.3, -0.25) is 0 Å². The summed E-state index contributed by atoms with van der Waals surface area (Å²) in [5.74, 6) is 0. The molecular formula is C14H13ClINS. The van der Waals surface area contributed by atoms with Gasteiger partial charge in [-0.25, -0.2) is 0 Å². The molecule has 1 aliphatic carbocycles. The maximum Gasteiger partial charge on any atom is 0.0416 e. The molecule has 4 heteroatoms. The van der Waals surface area contributed by atoms with Gasteiger partial charge in [-0.05, 0) is 59.7 Å². The van der Waals surface area contributed by atoms with Crippen LogP contribution < -0.4 is 5.32 Å². The first-order valence-electron chi connectivity index (χ1n) is 6.00. The molecule has 0 radical (unpaired) electrons. The van der Waals surface area contributed by atoms with Gasteiger partial charge in [0, 0.05) is 36.5 Å². The number of hydrogen-bond donors (Lipinski definition) is 1. The van der Waals surface area contributed by atoms with Crippen LogP contribution in [0.2, 0.25) is 5.02 Å². The summed E-state index contributed by atoms with van der Waals surface area (Å²) < 4.78 is 1.21. The van der Waals surface area contributed by atoms with Gasteiger partial charge in [0.25, 0.3) is 0 Å². The van der Waals surface area contributed by atoms with Crippen molar-refractivity contribution < 1.29 is 0 Å². The van der Waals surface area contributed by atoms with Crippen molar-refractivity contribution in [1.82, 2.24) is 5.32 Å². The van der Waals surface area contributed by atoms with Gasteiger partial charge in [0.05, 0.1) is 0 Å². The number of hydrogen-bond acceptors (Lipinski definition) is 2. The summed E-state index contributed by atoms with van der Waals surface area (Å²) >= 11 is 10.2. The van der Waals surface area contributed by atoms with E-state index < -0.39 is 0 Å². The Morgan fingerprint density at radius 3 is 2.83 bits per heavy atom. The zero-order valence-electron chi connectivity index (χ0n) is 9.75. The number of thiophene rings is 1. The van der Waals surface area contributed by atoms with Crippen LogP contribution in [0.5, 0.6) is 0 Å². The number of benzene rings is 1. The lowest BCUT2D eigenvalue weighted by molar-refractivity contribution is 0.695. The standard InChI is InChI=1S/C14H13ClINS/c15-9-1-5-12(13(16)7-9)14-6-4-11(18-14)8-17-10-2-3-10/h1,4-7,10,17H,2-3,8H2. The molecule has 94 valence electrons. The number of halogens is 2. The van der Waals surface area contributed by atoms with Crippen molar-refractivity contribution in [3.63, 3.8) is 0 Å². The molecule has 0 saturated heterocycles. The first-order chi connectivity index (χ1) is 8.72. The molecule has 0 amide bonds. The Labute approximate surface area is 130 Å². The summed E-state index contributed by atoms with van der Waals surface area (Å²) in [4.78, 5) is 2.73. The van der Waals surface area contributed by atoms with Gasteiger partial charge < -0.3 is 5.32 Å². The molecule has 2 aromatic rings. The molecular weight excluding hydrogens is 377 g/mol. The molecule has 0 aliphatic heterocycles. The summed E-state index contributed by atoms with van der Waals surface area (Å²) in [5, 5.41) is 4.35. The van der Waals surface area contributed by atoms with Crippen LogP contribution >= 0.6 is 45.5 Å². The lowest BCUT2D eigenvalue weighted by Gasteiger charge is -2.02. The minimum atomic E-state index is 0.770. The molecule has 0 atom stereocenters. The van der Waals surface area contributed by atoms with Crippen molar-refractivity contribution in [3.8, 4) is 10.4 Å². The predicted octanol–water partition coefficient (Wildman–Crippen LogP) is 4.93. The molecule has 1 fully saturated rings. The molecule has 0 unspecified atom stereocenters. The van der Waals surface area contributed by atoms with Gasteiger partial charge in [0.15, 0.2) is 0 Å². The quantitative estimate of drug-likeness (QED) is 0.732. The van der Waals surface area contributed by atoms with Crippen LogP contribution in [0.25, 0.3) is 10.4 Å². The highest BCUT2D eigenvalue weighted by molar-refractivity contribution is 14.1. The summed E-state index contributed by atoms with van der Waals surface area (Å²) in [7, 11) is 0. The average molecular weight is 390 g/mol. The van der Waals surface area contributed by atoms with Crippen molar-refractivity contribution in [1.29, 1.82) is 0 Å². The monoisotopic (exact) mass is 389 g/mol. The molecule has 0 spiro atoms. The van der Waals surface area contributed by atoms with Gasteiger partial charge >= 0.3 is 0 Å². The fourth-order valence-corrected chi connectivity index (χ4v) is 4.18. The Morgan fingerprint density at radius 2 is 2.11 bits per heavy atom. The second kappa shape index (κ2) is 5.49. The van der Waals surface area contributed by atoms with E-state index in [4.69, 9.17) is 11.6 Å². The Bertz CT molecular complexity index is 563. The third-order valence-electron chi connectivity index (χ3n) is 3.00. The van der Waals surface area contributed by atoms with E-state index in [9.17, 15) is 0 Å². The van der Waals surface area contributed by atoms with E-state index in [1.807, 2.05) is 23.5 Å². The van der Waals surface area contributed by atoms with E-state index in [0.717, 1.165) is 17.6 Å². The molecule has 1 aliphatic rings. The highest BCUT2D eigenvalue weighted by Crippen LogP contribution is 2.33. The summed E-state index contributed by atoms with van der Waals surface area (Å²) in [6, 6.07) is 11.3. The highest BCUT2D eigenvalue weighted by Gasteiger charge is 2.20. The minimum absolute atomic E-state index is 0.770. The second-order valence-corrected chi connectivity index (χ2v) is 7.31. The van der Waals surface area contributed by atoms with Crippen LogP contribution in [0.1, 0.15) is 17.7 Å². The summed E-state index contributed by atoms with van der Waals surface area (Å²) in [6.07, 6.45) is 2.68. The van der Waals surface area contributed by atoms with Crippen LogP contribution in [-0.4, -0.2) is 6.04 Å². The molecule has 1 saturated carbocycles. The minimum Gasteiger partial charge on any atom is -0.309 e. The SMILES string of the molecule is Clc1ccc(-c2ccc(CNC3CC3)s2)c(I)c1. The van der Waals surface area contributed by atoms with E-state index in [-0.39, 0.29) is 0 Å². The molecule has 3 rings (SSSR count). The molecule has 1 heterocycles. The first-order valence-corrected chi connectivity index (χ1v) is 8.27. The van der Waals surface area contributed by atoms with Crippen molar-refractivity contribution >= 4 is 45.5 Å². The van der Waals surface area contributed by atoms with Crippen molar-refractivity contribution in [2.45, 2.75) is 25.4 Å². The maximum atomic E-state index is 5.99. The van der Waals surface area contributed by atoms with Crippen LogP contribution in [0.4, 0.5) is 0 Å². The van der Waals surface area contributed by atoms with E-state index in [1.165, 1.54) is 31.7 Å². The zero-order valence-corrected chi connectivity index (χ0v) is 13.5. The highest BCUT2D eigenvalue weighted by atomic mass is 127. The van der Waals surface area contributed by atoms with Gasteiger partial charge in [0.2, 0.25) is 0 Å². The van der Waals surface area contributed by atoms with Crippen molar-refractivity contribution in [2.75, 3.05) is 0 Å². The fraction of sp³-hybridized carbons (Fsp3) is 0.286. The Balaban J connectivity index is 1.78. The normalized spacial score (nSPS) is 15.0. The lowest BCUT2D eigenvalue weighted by atomic mass is 10.2. The first kappa shape index (κ1) is 12.9. The van der Waals surface area contributed by atoms with E-state index >= 15 is 0 Å².